The van der Waals surface area contributed by atoms with Gasteiger partial charge in [0.25, 0.3) is 5.56 Å². The second-order valence-corrected chi connectivity index (χ2v) is 7.73. The van der Waals surface area contributed by atoms with Crippen molar-refractivity contribution < 1.29 is 5.11 Å². The van der Waals surface area contributed by atoms with Crippen molar-refractivity contribution >= 4 is 23.1 Å². The third-order valence-electron chi connectivity index (χ3n) is 5.76. The number of hydrogen-bond acceptors (Lipinski definition) is 4. The Kier molecular flexibility index (Phi) is 5.12. The van der Waals surface area contributed by atoms with Crippen LogP contribution in [0.15, 0.2) is 29.1 Å². The van der Waals surface area contributed by atoms with E-state index in [4.69, 9.17) is 12.2 Å². The van der Waals surface area contributed by atoms with E-state index in [1.165, 1.54) is 10.9 Å². The highest BCUT2D eigenvalue weighted by molar-refractivity contribution is 7.71. The van der Waals surface area contributed by atoms with Crippen LogP contribution in [0.5, 0.6) is 5.88 Å². The number of likely N-dealkylation sites (N-methyl/N-ethyl adjacent to an activating group) is 1. The van der Waals surface area contributed by atoms with E-state index in [0.29, 0.717) is 12.1 Å². The lowest BCUT2D eigenvalue weighted by Gasteiger charge is -2.35. The quantitative estimate of drug-likeness (QED) is 0.571. The fourth-order valence-electron chi connectivity index (χ4n) is 4.30. The van der Waals surface area contributed by atoms with Crippen LogP contribution in [0.4, 0.5) is 0 Å². The number of para-hydroxylation sites is 1. The Balaban J connectivity index is 1.95. The van der Waals surface area contributed by atoms with E-state index in [-0.39, 0.29) is 22.3 Å². The second-order valence-electron chi connectivity index (χ2n) is 7.35. The number of rotatable bonds is 5. The molecular weight excluding hydrogens is 372 g/mol. The summed E-state index contributed by atoms with van der Waals surface area (Å²) in [4.78, 5) is 21.5. The van der Waals surface area contributed by atoms with Crippen LogP contribution in [-0.2, 0) is 13.0 Å². The van der Waals surface area contributed by atoms with Crippen LogP contribution in [0.1, 0.15) is 49.6 Å². The first kappa shape index (κ1) is 19.0. The Morgan fingerprint density at radius 1 is 1.25 bits per heavy atom. The molecule has 0 aliphatic carbocycles. The summed E-state index contributed by atoms with van der Waals surface area (Å²) in [5.74, 6) is -0.0165. The Morgan fingerprint density at radius 3 is 2.79 bits per heavy atom. The van der Waals surface area contributed by atoms with E-state index in [0.717, 1.165) is 43.6 Å². The number of nitrogens with zero attached hydrogens (tertiary/aromatic N) is 2. The lowest BCUT2D eigenvalue weighted by atomic mass is 9.93. The number of aromatic hydroxyl groups is 1. The maximum Gasteiger partial charge on any atom is 0.260 e. The predicted octanol–water partition coefficient (Wildman–Crippen LogP) is 3.86. The molecule has 0 saturated carbocycles. The van der Waals surface area contributed by atoms with Gasteiger partial charge in [-0.15, -0.1) is 0 Å². The van der Waals surface area contributed by atoms with E-state index >= 15 is 0 Å². The van der Waals surface area contributed by atoms with Gasteiger partial charge in [-0.25, -0.2) is 0 Å². The Labute approximate surface area is 168 Å². The first-order chi connectivity index (χ1) is 13.6. The van der Waals surface area contributed by atoms with Gasteiger partial charge in [0, 0.05) is 29.7 Å². The van der Waals surface area contributed by atoms with E-state index in [1.54, 1.807) is 4.57 Å². The lowest BCUT2D eigenvalue weighted by molar-refractivity contribution is 0.214. The van der Waals surface area contributed by atoms with Gasteiger partial charge in [0.2, 0.25) is 5.88 Å². The number of aromatic amines is 2. The highest BCUT2D eigenvalue weighted by Crippen LogP contribution is 2.39. The van der Waals surface area contributed by atoms with Crippen LogP contribution < -0.4 is 5.56 Å². The van der Waals surface area contributed by atoms with Crippen LogP contribution in [0.3, 0.4) is 0 Å². The monoisotopic (exact) mass is 398 g/mol. The Morgan fingerprint density at radius 2 is 2.04 bits per heavy atom. The van der Waals surface area contributed by atoms with Crippen LogP contribution in [0, 0.1) is 4.77 Å². The first-order valence-electron chi connectivity index (χ1n) is 9.96. The number of aromatic nitrogens is 3. The van der Waals surface area contributed by atoms with Crippen molar-refractivity contribution in [2.75, 3.05) is 13.1 Å². The zero-order valence-electron chi connectivity index (χ0n) is 16.3. The molecule has 3 N–H and O–H groups in total. The SMILES string of the molecule is CCCCn1c(O)c(C2c3[nH]c4ccccc4c3CCN2CC)c(=O)[nH]c1=S. The van der Waals surface area contributed by atoms with Crippen LogP contribution in [-0.4, -0.2) is 37.6 Å². The molecule has 3 heterocycles. The van der Waals surface area contributed by atoms with Gasteiger partial charge in [-0.3, -0.25) is 19.2 Å². The van der Waals surface area contributed by atoms with Crippen molar-refractivity contribution in [1.82, 2.24) is 19.4 Å². The van der Waals surface area contributed by atoms with Gasteiger partial charge < -0.3 is 10.1 Å². The highest BCUT2D eigenvalue weighted by Gasteiger charge is 2.35. The fraction of sp³-hybridized carbons (Fsp3) is 0.429. The number of fused-ring (bicyclic) bond motifs is 3. The van der Waals surface area contributed by atoms with Crippen molar-refractivity contribution in [3.63, 3.8) is 0 Å². The van der Waals surface area contributed by atoms with Gasteiger partial charge in [0.05, 0.1) is 6.04 Å². The minimum atomic E-state index is -0.326. The van der Waals surface area contributed by atoms with Gasteiger partial charge in [-0.05, 0) is 43.2 Å². The van der Waals surface area contributed by atoms with Crippen LogP contribution in [0.25, 0.3) is 10.9 Å². The topological polar surface area (TPSA) is 77.1 Å². The molecule has 2 aromatic heterocycles. The molecule has 0 fully saturated rings. The zero-order chi connectivity index (χ0) is 19.8. The summed E-state index contributed by atoms with van der Waals surface area (Å²) < 4.78 is 1.93. The molecule has 1 unspecified atom stereocenters. The van der Waals surface area contributed by atoms with Gasteiger partial charge >= 0.3 is 0 Å². The third kappa shape index (κ3) is 2.99. The highest BCUT2D eigenvalue weighted by atomic mass is 32.1. The molecule has 0 radical (unpaired) electrons. The maximum absolute atomic E-state index is 12.9. The normalized spacial score (nSPS) is 17.1. The number of hydrogen-bond donors (Lipinski definition) is 3. The summed E-state index contributed by atoms with van der Waals surface area (Å²) in [6.45, 7) is 6.37. The molecule has 0 amide bonds. The molecule has 1 aromatic carbocycles. The molecule has 0 saturated heterocycles. The molecule has 28 heavy (non-hydrogen) atoms. The van der Waals surface area contributed by atoms with E-state index in [1.807, 2.05) is 12.1 Å². The molecule has 0 spiro atoms. The summed E-state index contributed by atoms with van der Waals surface area (Å²) >= 11 is 5.32. The molecule has 1 atom stereocenters. The zero-order valence-corrected chi connectivity index (χ0v) is 17.1. The Hall–Kier alpha value is -2.38. The maximum atomic E-state index is 12.9. The largest absolute Gasteiger partial charge is 0.494 e. The van der Waals surface area contributed by atoms with Crippen LogP contribution >= 0.6 is 12.2 Å². The summed E-state index contributed by atoms with van der Waals surface area (Å²) in [7, 11) is 0. The van der Waals surface area contributed by atoms with Gasteiger partial charge in [-0.2, -0.15) is 0 Å². The van der Waals surface area contributed by atoms with Gasteiger partial charge in [0.15, 0.2) is 4.77 Å². The Bertz CT molecular complexity index is 1130. The molecule has 1 aliphatic heterocycles. The molecular formula is C21H26N4O2S. The van der Waals surface area contributed by atoms with Crippen molar-refractivity contribution in [3.05, 3.63) is 56.2 Å². The van der Waals surface area contributed by atoms with Crippen molar-refractivity contribution in [1.29, 1.82) is 0 Å². The number of nitrogens with one attached hydrogen (secondary N) is 2. The van der Waals surface area contributed by atoms with Crippen molar-refractivity contribution in [3.8, 4) is 5.88 Å². The molecule has 148 valence electrons. The van der Waals surface area contributed by atoms with Crippen LogP contribution in [0.2, 0.25) is 0 Å². The smallest absolute Gasteiger partial charge is 0.260 e. The van der Waals surface area contributed by atoms with Crippen molar-refractivity contribution in [2.24, 2.45) is 0 Å². The molecule has 1 aliphatic rings. The van der Waals surface area contributed by atoms with E-state index in [2.05, 4.69) is 40.8 Å². The van der Waals surface area contributed by atoms with Crippen molar-refractivity contribution in [2.45, 2.75) is 45.7 Å². The third-order valence-corrected chi connectivity index (χ3v) is 6.08. The number of unbranched alkanes of at least 4 members (excludes halogenated alkanes) is 1. The minimum absolute atomic E-state index is 0.0165. The average molecular weight is 399 g/mol. The van der Waals surface area contributed by atoms with Gasteiger partial charge in [-0.1, -0.05) is 38.5 Å². The molecule has 7 heteroatoms. The average Bonchev–Trinajstić information content (AvgIpc) is 3.06. The summed E-state index contributed by atoms with van der Waals surface area (Å²) in [5, 5.41) is 12.3. The van der Waals surface area contributed by atoms with Gasteiger partial charge in [0.1, 0.15) is 5.56 Å². The number of benzene rings is 1. The fourth-order valence-corrected chi connectivity index (χ4v) is 4.57. The predicted molar refractivity (Wildman–Crippen MR) is 114 cm³/mol. The summed E-state index contributed by atoms with van der Waals surface area (Å²) in [6.07, 6.45) is 2.77. The molecule has 4 rings (SSSR count). The number of H-pyrrole nitrogens is 2. The summed E-state index contributed by atoms with van der Waals surface area (Å²) in [6, 6.07) is 7.88. The lowest BCUT2D eigenvalue weighted by Crippen LogP contribution is -2.39. The second kappa shape index (κ2) is 7.56. The molecule has 0 bridgehead atoms. The van der Waals surface area contributed by atoms with E-state index < -0.39 is 0 Å². The minimum Gasteiger partial charge on any atom is -0.494 e. The van der Waals surface area contributed by atoms with E-state index in [9.17, 15) is 9.90 Å². The molecule has 6 nitrogen and oxygen atoms in total. The standard InChI is InChI=1S/C21H26N4O2S/c1-3-5-11-25-20(27)16(19(26)23-21(25)28)18-17-14(10-12-24(18)4-2)13-8-6-7-9-15(13)22-17/h6-9,18,22,27H,3-5,10-12H2,1-2H3,(H,23,26,28). The molecule has 3 aromatic rings. The summed E-state index contributed by atoms with van der Waals surface area (Å²) in [5.41, 5.74) is 3.34. The first-order valence-corrected chi connectivity index (χ1v) is 10.4.